The molecule has 31 heavy (non-hydrogen) atoms. The number of hydrogen-bond donors (Lipinski definition) is 0. The van der Waals surface area contributed by atoms with Crippen molar-refractivity contribution in [1.82, 2.24) is 19.2 Å². The van der Waals surface area contributed by atoms with Crippen LogP contribution in [0.5, 0.6) is 0 Å². The Morgan fingerprint density at radius 3 is 2.74 bits per heavy atom. The number of likely N-dealkylation sites (tertiary alicyclic amines) is 1. The minimum Gasteiger partial charge on any atom is -0.466 e. The molecule has 0 N–H and O–H groups in total. The Hall–Kier alpha value is -3.06. The fraction of sp³-hybridized carbons (Fsp3) is 0.348. The number of amides is 1. The summed E-state index contributed by atoms with van der Waals surface area (Å²) in [6.07, 6.45) is 3.40. The van der Waals surface area contributed by atoms with E-state index in [0.29, 0.717) is 41.8 Å². The molecule has 0 radical (unpaired) electrons. The number of carbonyl (C=O) groups is 2. The largest absolute Gasteiger partial charge is 0.466 e. The minimum absolute atomic E-state index is 0.179. The van der Waals surface area contributed by atoms with Crippen LogP contribution in [-0.4, -0.2) is 50.8 Å². The Labute approximate surface area is 186 Å². The van der Waals surface area contributed by atoms with E-state index in [1.807, 2.05) is 48.1 Å². The van der Waals surface area contributed by atoms with Gasteiger partial charge < -0.3 is 14.2 Å². The molecule has 2 aromatic heterocycles. The molecule has 1 atom stereocenters. The van der Waals surface area contributed by atoms with Gasteiger partial charge in [0.1, 0.15) is 11.4 Å². The number of nitrogens with zero attached hydrogens (tertiary/aromatic N) is 4. The monoisotopic (exact) mass is 440 g/mol. The number of halogens is 1. The summed E-state index contributed by atoms with van der Waals surface area (Å²) in [5.41, 5.74) is 2.61. The van der Waals surface area contributed by atoms with Crippen LogP contribution >= 0.6 is 11.6 Å². The van der Waals surface area contributed by atoms with Gasteiger partial charge in [0, 0.05) is 26.3 Å². The lowest BCUT2D eigenvalue weighted by atomic mass is 9.98. The van der Waals surface area contributed by atoms with Gasteiger partial charge in [-0.25, -0.2) is 4.68 Å². The SMILES string of the molecule is CCOC(=O)C1CCCN(C(=O)c2cc(-c3cccn3C)nn2-c2ccccc2Cl)C1. The van der Waals surface area contributed by atoms with Crippen molar-refractivity contribution in [2.24, 2.45) is 13.0 Å². The van der Waals surface area contributed by atoms with E-state index in [1.165, 1.54) is 0 Å². The first-order valence-electron chi connectivity index (χ1n) is 10.4. The second-order valence-electron chi connectivity index (χ2n) is 7.62. The first-order valence-corrected chi connectivity index (χ1v) is 10.8. The Kier molecular flexibility index (Phi) is 6.13. The summed E-state index contributed by atoms with van der Waals surface area (Å²) in [4.78, 5) is 27.5. The number of hydrogen-bond acceptors (Lipinski definition) is 4. The maximum atomic E-state index is 13.6. The third-order valence-corrected chi connectivity index (χ3v) is 5.86. The molecule has 1 fully saturated rings. The number of rotatable bonds is 5. The van der Waals surface area contributed by atoms with Gasteiger partial charge in [-0.1, -0.05) is 23.7 Å². The average Bonchev–Trinajstić information content (AvgIpc) is 3.40. The molecule has 0 saturated carbocycles. The van der Waals surface area contributed by atoms with Crippen molar-refractivity contribution in [3.05, 3.63) is 59.4 Å². The number of benzene rings is 1. The lowest BCUT2D eigenvalue weighted by Crippen LogP contribution is -2.43. The van der Waals surface area contributed by atoms with Gasteiger partial charge in [0.15, 0.2) is 0 Å². The van der Waals surface area contributed by atoms with Crippen molar-refractivity contribution >= 4 is 23.5 Å². The van der Waals surface area contributed by atoms with Crippen LogP contribution in [-0.2, 0) is 16.6 Å². The van der Waals surface area contributed by atoms with Crippen LogP contribution in [0, 0.1) is 5.92 Å². The highest BCUT2D eigenvalue weighted by Gasteiger charge is 2.32. The minimum atomic E-state index is -0.304. The van der Waals surface area contributed by atoms with Gasteiger partial charge in [0.05, 0.1) is 28.9 Å². The van der Waals surface area contributed by atoms with Gasteiger partial charge in [0.2, 0.25) is 0 Å². The molecular formula is C23H25ClN4O3. The summed E-state index contributed by atoms with van der Waals surface area (Å²) < 4.78 is 8.72. The van der Waals surface area contributed by atoms with Gasteiger partial charge in [-0.2, -0.15) is 5.10 Å². The second-order valence-corrected chi connectivity index (χ2v) is 8.03. The Balaban J connectivity index is 1.72. The first-order chi connectivity index (χ1) is 15.0. The zero-order chi connectivity index (χ0) is 22.0. The smallest absolute Gasteiger partial charge is 0.310 e. The van der Waals surface area contributed by atoms with E-state index in [2.05, 4.69) is 0 Å². The molecule has 1 aromatic carbocycles. The van der Waals surface area contributed by atoms with E-state index < -0.39 is 0 Å². The van der Waals surface area contributed by atoms with Crippen LogP contribution in [0.25, 0.3) is 17.1 Å². The number of esters is 1. The summed E-state index contributed by atoms with van der Waals surface area (Å²) >= 11 is 6.43. The fourth-order valence-corrected chi connectivity index (χ4v) is 4.18. The highest BCUT2D eigenvalue weighted by Crippen LogP contribution is 2.28. The maximum Gasteiger partial charge on any atom is 0.310 e. The molecule has 1 aliphatic heterocycles. The number of para-hydroxylation sites is 1. The zero-order valence-corrected chi connectivity index (χ0v) is 18.4. The van der Waals surface area contributed by atoms with E-state index in [0.717, 1.165) is 18.5 Å². The maximum absolute atomic E-state index is 13.6. The van der Waals surface area contributed by atoms with Gasteiger partial charge in [-0.15, -0.1) is 0 Å². The first kappa shape index (κ1) is 21.2. The highest BCUT2D eigenvalue weighted by molar-refractivity contribution is 6.32. The Morgan fingerprint density at radius 1 is 1.23 bits per heavy atom. The van der Waals surface area contributed by atoms with Crippen molar-refractivity contribution in [3.8, 4) is 17.1 Å². The third kappa shape index (κ3) is 4.23. The summed E-state index contributed by atoms with van der Waals surface area (Å²) in [6, 6.07) is 13.0. The van der Waals surface area contributed by atoms with Gasteiger partial charge in [-0.3, -0.25) is 9.59 Å². The zero-order valence-electron chi connectivity index (χ0n) is 17.6. The lowest BCUT2D eigenvalue weighted by molar-refractivity contribution is -0.149. The van der Waals surface area contributed by atoms with E-state index in [1.54, 1.807) is 28.6 Å². The molecule has 7 nitrogen and oxygen atoms in total. The molecule has 1 amide bonds. The topological polar surface area (TPSA) is 69.4 Å². The summed E-state index contributed by atoms with van der Waals surface area (Å²) in [5, 5.41) is 5.22. The van der Waals surface area contributed by atoms with Crippen molar-refractivity contribution in [3.63, 3.8) is 0 Å². The molecule has 3 aromatic rings. The molecule has 8 heteroatoms. The predicted molar refractivity (Wildman–Crippen MR) is 118 cm³/mol. The van der Waals surface area contributed by atoms with E-state index in [4.69, 9.17) is 21.4 Å². The van der Waals surface area contributed by atoms with Gasteiger partial charge in [0.25, 0.3) is 5.91 Å². The quantitative estimate of drug-likeness (QED) is 0.563. The fourth-order valence-electron chi connectivity index (χ4n) is 3.97. The number of piperidine rings is 1. The molecule has 0 spiro atoms. The van der Waals surface area contributed by atoms with Gasteiger partial charge >= 0.3 is 5.97 Å². The standard InChI is InChI=1S/C23H25ClN4O3/c1-3-31-23(30)16-8-6-13-27(15-16)22(29)21-14-18(20-11-7-12-26(20)2)25-28(21)19-10-5-4-9-17(19)24/h4-5,7,9-12,14,16H,3,6,8,13,15H2,1-2H3. The molecular weight excluding hydrogens is 416 g/mol. The number of aromatic nitrogens is 3. The molecule has 3 heterocycles. The van der Waals surface area contributed by atoms with Crippen LogP contribution in [0.4, 0.5) is 0 Å². The normalized spacial score (nSPS) is 16.4. The molecule has 0 aliphatic carbocycles. The van der Waals surface area contributed by atoms with Crippen molar-refractivity contribution in [2.45, 2.75) is 19.8 Å². The predicted octanol–water partition coefficient (Wildman–Crippen LogP) is 3.95. The number of aryl methyl sites for hydroxylation is 1. The van der Waals surface area contributed by atoms with Crippen molar-refractivity contribution < 1.29 is 14.3 Å². The summed E-state index contributed by atoms with van der Waals surface area (Å²) in [7, 11) is 1.93. The summed E-state index contributed by atoms with van der Waals surface area (Å²) in [6.45, 7) is 3.05. The van der Waals surface area contributed by atoms with Crippen LogP contribution in [0.3, 0.4) is 0 Å². The highest BCUT2D eigenvalue weighted by atomic mass is 35.5. The van der Waals surface area contributed by atoms with Crippen LogP contribution < -0.4 is 0 Å². The summed E-state index contributed by atoms with van der Waals surface area (Å²) in [5.74, 6) is -0.729. The lowest BCUT2D eigenvalue weighted by Gasteiger charge is -2.31. The number of ether oxygens (including phenoxy) is 1. The van der Waals surface area contributed by atoms with Crippen molar-refractivity contribution in [1.29, 1.82) is 0 Å². The molecule has 1 aliphatic rings. The van der Waals surface area contributed by atoms with Gasteiger partial charge in [-0.05, 0) is 50.1 Å². The molecule has 0 bridgehead atoms. The molecule has 1 saturated heterocycles. The van der Waals surface area contributed by atoms with Crippen LogP contribution in [0.2, 0.25) is 5.02 Å². The second kappa shape index (κ2) is 8.98. The molecule has 4 rings (SSSR count). The Bertz CT molecular complexity index is 1100. The average molecular weight is 441 g/mol. The number of carbonyl (C=O) groups excluding carboxylic acids is 2. The molecule has 1 unspecified atom stereocenters. The van der Waals surface area contributed by atoms with Crippen LogP contribution in [0.15, 0.2) is 48.7 Å². The Morgan fingerprint density at radius 2 is 2.03 bits per heavy atom. The third-order valence-electron chi connectivity index (χ3n) is 5.54. The van der Waals surface area contributed by atoms with E-state index in [-0.39, 0.29) is 17.8 Å². The van der Waals surface area contributed by atoms with Crippen LogP contribution in [0.1, 0.15) is 30.3 Å². The van der Waals surface area contributed by atoms with E-state index >= 15 is 0 Å². The van der Waals surface area contributed by atoms with Crippen molar-refractivity contribution in [2.75, 3.05) is 19.7 Å². The molecule has 162 valence electrons. The van der Waals surface area contributed by atoms with E-state index in [9.17, 15) is 9.59 Å².